The molecule has 0 spiro atoms. The number of hydrogen-bond donors (Lipinski definition) is 1. The summed E-state index contributed by atoms with van der Waals surface area (Å²) in [4.78, 5) is 9.04. The molecule has 0 aliphatic rings. The van der Waals surface area contributed by atoms with E-state index < -0.39 is 0 Å². The van der Waals surface area contributed by atoms with E-state index in [-0.39, 0.29) is 0 Å². The molecule has 0 aromatic carbocycles. The van der Waals surface area contributed by atoms with Crippen molar-refractivity contribution in [2.45, 2.75) is 58.1 Å². The van der Waals surface area contributed by atoms with Gasteiger partial charge in [-0.15, -0.1) is 0 Å². The molecule has 1 rings (SSSR count). The molecule has 0 fully saturated rings. The Morgan fingerprint density at radius 2 is 2.17 bits per heavy atom. The lowest BCUT2D eigenvalue weighted by atomic mass is 10.2. The summed E-state index contributed by atoms with van der Waals surface area (Å²) >= 11 is 1.92. The van der Waals surface area contributed by atoms with Crippen molar-refractivity contribution in [3.8, 4) is 0 Å². The molecule has 1 aromatic rings. The monoisotopic (exact) mass is 267 g/mol. The summed E-state index contributed by atoms with van der Waals surface area (Å²) in [6, 6.07) is 0. The number of aryl methyl sites for hydroxylation is 1. The van der Waals surface area contributed by atoms with Gasteiger partial charge in [-0.2, -0.15) is 11.8 Å². The lowest BCUT2D eigenvalue weighted by Gasteiger charge is -2.10. The molecule has 1 heterocycles. The van der Waals surface area contributed by atoms with Crippen LogP contribution in [0.25, 0.3) is 0 Å². The van der Waals surface area contributed by atoms with E-state index in [0.29, 0.717) is 5.25 Å². The fraction of sp³-hybridized carbons (Fsp3) is 0.714. The number of rotatable bonds is 8. The standard InChI is InChI=1S/C14H25N3S/c1-5-7-15-8-13-9-16-14(17-12(13)4)10-18-11(3)6-2/h9,11,15H,5-8,10H2,1-4H3. The van der Waals surface area contributed by atoms with E-state index in [1.165, 1.54) is 12.0 Å². The van der Waals surface area contributed by atoms with E-state index in [4.69, 9.17) is 0 Å². The Bertz CT molecular complexity index is 355. The molecule has 0 aliphatic heterocycles. The molecule has 0 radical (unpaired) electrons. The van der Waals surface area contributed by atoms with Gasteiger partial charge in [-0.25, -0.2) is 9.97 Å². The van der Waals surface area contributed by atoms with Crippen LogP contribution < -0.4 is 5.32 Å². The largest absolute Gasteiger partial charge is 0.313 e. The average molecular weight is 267 g/mol. The van der Waals surface area contributed by atoms with Gasteiger partial charge in [-0.1, -0.05) is 20.8 Å². The zero-order valence-corrected chi connectivity index (χ0v) is 12.8. The van der Waals surface area contributed by atoms with E-state index in [9.17, 15) is 0 Å². The van der Waals surface area contributed by atoms with Gasteiger partial charge in [0.2, 0.25) is 0 Å². The third kappa shape index (κ3) is 5.36. The Labute approximate surface area is 115 Å². The lowest BCUT2D eigenvalue weighted by Crippen LogP contribution is -2.15. The molecule has 1 N–H and O–H groups in total. The summed E-state index contributed by atoms with van der Waals surface area (Å²) in [5.74, 6) is 1.87. The molecule has 0 amide bonds. The van der Waals surface area contributed by atoms with Gasteiger partial charge in [0.25, 0.3) is 0 Å². The second-order valence-corrected chi connectivity index (χ2v) is 6.03. The van der Waals surface area contributed by atoms with Crippen molar-refractivity contribution in [2.24, 2.45) is 0 Å². The normalized spacial score (nSPS) is 12.7. The third-order valence-corrected chi connectivity index (χ3v) is 4.27. The van der Waals surface area contributed by atoms with Gasteiger partial charge in [0.05, 0.1) is 5.75 Å². The maximum atomic E-state index is 4.59. The van der Waals surface area contributed by atoms with Gasteiger partial charge in [-0.3, -0.25) is 0 Å². The fourth-order valence-electron chi connectivity index (χ4n) is 1.52. The van der Waals surface area contributed by atoms with Crippen LogP contribution in [-0.2, 0) is 12.3 Å². The fourth-order valence-corrected chi connectivity index (χ4v) is 2.33. The van der Waals surface area contributed by atoms with Gasteiger partial charge in [0.15, 0.2) is 0 Å². The number of thioether (sulfide) groups is 1. The summed E-state index contributed by atoms with van der Waals surface area (Å²) in [7, 11) is 0. The highest BCUT2D eigenvalue weighted by Crippen LogP contribution is 2.18. The van der Waals surface area contributed by atoms with E-state index >= 15 is 0 Å². The second kappa shape index (κ2) is 8.48. The maximum absolute atomic E-state index is 4.59. The summed E-state index contributed by atoms with van der Waals surface area (Å²) < 4.78 is 0. The third-order valence-electron chi connectivity index (χ3n) is 2.94. The topological polar surface area (TPSA) is 37.8 Å². The van der Waals surface area contributed by atoms with Gasteiger partial charge < -0.3 is 5.32 Å². The minimum atomic E-state index is 0.680. The van der Waals surface area contributed by atoms with Crippen molar-refractivity contribution in [2.75, 3.05) is 6.54 Å². The van der Waals surface area contributed by atoms with Crippen LogP contribution in [0.4, 0.5) is 0 Å². The molecule has 102 valence electrons. The SMILES string of the molecule is CCCNCc1cnc(CSC(C)CC)nc1C. The van der Waals surface area contributed by atoms with Crippen LogP contribution in [0.15, 0.2) is 6.20 Å². The highest BCUT2D eigenvalue weighted by atomic mass is 32.2. The van der Waals surface area contributed by atoms with Crippen molar-refractivity contribution in [1.29, 1.82) is 0 Å². The first kappa shape index (κ1) is 15.4. The smallest absolute Gasteiger partial charge is 0.138 e. The number of aromatic nitrogens is 2. The number of nitrogens with zero attached hydrogens (tertiary/aromatic N) is 2. The molecular formula is C14H25N3S. The van der Waals surface area contributed by atoms with Gasteiger partial charge in [0.1, 0.15) is 5.82 Å². The molecule has 18 heavy (non-hydrogen) atoms. The van der Waals surface area contributed by atoms with Crippen LogP contribution in [0.3, 0.4) is 0 Å². The molecule has 0 saturated heterocycles. The van der Waals surface area contributed by atoms with Crippen LogP contribution in [0.5, 0.6) is 0 Å². The van der Waals surface area contributed by atoms with Gasteiger partial charge >= 0.3 is 0 Å². The Balaban J connectivity index is 2.50. The van der Waals surface area contributed by atoms with Crippen LogP contribution in [0, 0.1) is 6.92 Å². The lowest BCUT2D eigenvalue weighted by molar-refractivity contribution is 0.667. The predicted octanol–water partition coefficient (Wildman–Crippen LogP) is 3.32. The molecule has 3 nitrogen and oxygen atoms in total. The van der Waals surface area contributed by atoms with Crippen LogP contribution in [0.1, 0.15) is 50.7 Å². The van der Waals surface area contributed by atoms with Crippen molar-refractivity contribution < 1.29 is 0 Å². The predicted molar refractivity (Wildman–Crippen MR) is 79.8 cm³/mol. The van der Waals surface area contributed by atoms with E-state index in [1.807, 2.05) is 18.0 Å². The molecule has 0 aliphatic carbocycles. The van der Waals surface area contributed by atoms with Crippen LogP contribution in [-0.4, -0.2) is 21.8 Å². The van der Waals surface area contributed by atoms with Crippen molar-refractivity contribution in [3.63, 3.8) is 0 Å². The number of hydrogen-bond acceptors (Lipinski definition) is 4. The first-order chi connectivity index (χ1) is 8.67. The molecule has 4 heteroatoms. The summed E-state index contributed by atoms with van der Waals surface area (Å²) in [6.45, 7) is 10.6. The minimum Gasteiger partial charge on any atom is -0.313 e. The molecule has 1 aromatic heterocycles. The average Bonchev–Trinajstić information content (AvgIpc) is 2.38. The molecular weight excluding hydrogens is 242 g/mol. The number of nitrogens with one attached hydrogen (secondary N) is 1. The summed E-state index contributed by atoms with van der Waals surface area (Å²) in [5, 5.41) is 4.07. The Morgan fingerprint density at radius 3 is 2.78 bits per heavy atom. The van der Waals surface area contributed by atoms with Crippen LogP contribution >= 0.6 is 11.8 Å². The maximum Gasteiger partial charge on any atom is 0.138 e. The quantitative estimate of drug-likeness (QED) is 0.733. The Morgan fingerprint density at radius 1 is 1.39 bits per heavy atom. The highest BCUT2D eigenvalue weighted by molar-refractivity contribution is 7.99. The molecule has 0 bridgehead atoms. The van der Waals surface area contributed by atoms with Crippen LogP contribution in [0.2, 0.25) is 0 Å². The van der Waals surface area contributed by atoms with E-state index in [1.54, 1.807) is 0 Å². The minimum absolute atomic E-state index is 0.680. The summed E-state index contributed by atoms with van der Waals surface area (Å²) in [5.41, 5.74) is 2.31. The second-order valence-electron chi connectivity index (χ2n) is 4.60. The molecule has 0 saturated carbocycles. The molecule has 1 unspecified atom stereocenters. The summed E-state index contributed by atoms with van der Waals surface area (Å²) in [6.07, 6.45) is 4.32. The first-order valence-corrected chi connectivity index (χ1v) is 7.85. The zero-order chi connectivity index (χ0) is 13.4. The Hall–Kier alpha value is -0.610. The van der Waals surface area contributed by atoms with Gasteiger partial charge in [0, 0.05) is 29.2 Å². The van der Waals surface area contributed by atoms with Crippen molar-refractivity contribution >= 4 is 11.8 Å². The Kier molecular flexibility index (Phi) is 7.28. The zero-order valence-electron chi connectivity index (χ0n) is 12.0. The molecule has 1 atom stereocenters. The first-order valence-electron chi connectivity index (χ1n) is 6.81. The van der Waals surface area contributed by atoms with E-state index in [0.717, 1.165) is 36.8 Å². The van der Waals surface area contributed by atoms with Crippen molar-refractivity contribution in [1.82, 2.24) is 15.3 Å². The van der Waals surface area contributed by atoms with Crippen molar-refractivity contribution in [3.05, 3.63) is 23.3 Å². The van der Waals surface area contributed by atoms with Gasteiger partial charge in [-0.05, 0) is 26.3 Å². The van der Waals surface area contributed by atoms with E-state index in [2.05, 4.69) is 43.0 Å². The highest BCUT2D eigenvalue weighted by Gasteiger charge is 2.05.